The van der Waals surface area contributed by atoms with Crippen LogP contribution in [0.3, 0.4) is 0 Å². The number of nitrogens with zero attached hydrogens (tertiary/aromatic N) is 2. The largest absolute Gasteiger partial charge is 0.369 e. The number of hydrogen-bond donors (Lipinski definition) is 2. The number of halogens is 2. The van der Waals surface area contributed by atoms with Crippen molar-refractivity contribution in [1.29, 1.82) is 0 Å². The van der Waals surface area contributed by atoms with Gasteiger partial charge >= 0.3 is 0 Å². The molecule has 0 unspecified atom stereocenters. The van der Waals surface area contributed by atoms with Gasteiger partial charge in [0.15, 0.2) is 5.82 Å². The standard InChI is InChI=1S/C13H14BrClN4/c1-2-6-17-11-7-16-8-12(19-11)18-10-5-3-4-9(15)13(10)14/h3-5,7-8H,2,6H2,1H3,(H2,17,18,19). The van der Waals surface area contributed by atoms with Crippen molar-refractivity contribution in [1.82, 2.24) is 9.97 Å². The molecule has 19 heavy (non-hydrogen) atoms. The first-order valence-corrected chi connectivity index (χ1v) is 7.14. The Morgan fingerprint density at radius 2 is 2.05 bits per heavy atom. The molecule has 0 radical (unpaired) electrons. The Balaban J connectivity index is 2.16. The Bertz CT molecular complexity index is 562. The summed E-state index contributed by atoms with van der Waals surface area (Å²) in [6.07, 6.45) is 4.41. The fraction of sp³-hybridized carbons (Fsp3) is 0.231. The SMILES string of the molecule is CCCNc1cncc(Nc2cccc(Cl)c2Br)n1. The normalized spacial score (nSPS) is 10.3. The summed E-state index contributed by atoms with van der Waals surface area (Å²) in [4.78, 5) is 8.58. The third-order valence-corrected chi connectivity index (χ3v) is 3.80. The van der Waals surface area contributed by atoms with Crippen LogP contribution in [0.1, 0.15) is 13.3 Å². The third-order valence-electron chi connectivity index (χ3n) is 2.40. The molecule has 0 saturated carbocycles. The Labute approximate surface area is 125 Å². The molecule has 100 valence electrons. The van der Waals surface area contributed by atoms with Gasteiger partial charge < -0.3 is 10.6 Å². The molecule has 0 spiro atoms. The highest BCUT2D eigenvalue weighted by Gasteiger charge is 2.05. The molecule has 0 aliphatic carbocycles. The predicted octanol–water partition coefficient (Wildman–Crippen LogP) is 4.46. The molecule has 0 fully saturated rings. The van der Waals surface area contributed by atoms with E-state index in [2.05, 4.69) is 43.5 Å². The summed E-state index contributed by atoms with van der Waals surface area (Å²) in [6.45, 7) is 2.98. The number of hydrogen-bond acceptors (Lipinski definition) is 4. The lowest BCUT2D eigenvalue weighted by molar-refractivity contribution is 0.965. The van der Waals surface area contributed by atoms with Gasteiger partial charge in [0.05, 0.1) is 27.6 Å². The second-order valence-electron chi connectivity index (χ2n) is 3.94. The third kappa shape index (κ3) is 3.81. The first-order chi connectivity index (χ1) is 9.20. The molecule has 0 bridgehead atoms. The van der Waals surface area contributed by atoms with E-state index in [-0.39, 0.29) is 0 Å². The summed E-state index contributed by atoms with van der Waals surface area (Å²) in [7, 11) is 0. The van der Waals surface area contributed by atoms with Crippen LogP contribution in [0.25, 0.3) is 0 Å². The lowest BCUT2D eigenvalue weighted by atomic mass is 10.3. The molecule has 2 N–H and O–H groups in total. The maximum atomic E-state index is 6.04. The molecule has 2 aromatic rings. The van der Waals surface area contributed by atoms with Crippen molar-refractivity contribution < 1.29 is 0 Å². The van der Waals surface area contributed by atoms with E-state index in [1.54, 1.807) is 12.4 Å². The fourth-order valence-corrected chi connectivity index (χ4v) is 2.04. The number of anilines is 3. The molecule has 4 nitrogen and oxygen atoms in total. The Morgan fingerprint density at radius 1 is 1.26 bits per heavy atom. The van der Waals surface area contributed by atoms with Gasteiger partial charge in [-0.1, -0.05) is 24.6 Å². The number of benzene rings is 1. The smallest absolute Gasteiger partial charge is 0.151 e. The van der Waals surface area contributed by atoms with Crippen LogP contribution >= 0.6 is 27.5 Å². The first-order valence-electron chi connectivity index (χ1n) is 5.97. The van der Waals surface area contributed by atoms with Crippen LogP contribution in [-0.2, 0) is 0 Å². The second kappa shape index (κ2) is 6.73. The molecule has 2 rings (SSSR count). The minimum absolute atomic E-state index is 0.651. The molecular weight excluding hydrogens is 328 g/mol. The number of rotatable bonds is 5. The van der Waals surface area contributed by atoms with Crippen LogP contribution in [0, 0.1) is 0 Å². The van der Waals surface area contributed by atoms with Crippen LogP contribution in [0.5, 0.6) is 0 Å². The highest BCUT2D eigenvalue weighted by atomic mass is 79.9. The van der Waals surface area contributed by atoms with Gasteiger partial charge in [-0.2, -0.15) is 0 Å². The van der Waals surface area contributed by atoms with E-state index in [0.29, 0.717) is 10.8 Å². The van der Waals surface area contributed by atoms with Gasteiger partial charge in [0, 0.05) is 6.54 Å². The van der Waals surface area contributed by atoms with Crippen molar-refractivity contribution in [3.8, 4) is 0 Å². The zero-order valence-corrected chi connectivity index (χ0v) is 12.8. The maximum Gasteiger partial charge on any atom is 0.151 e. The summed E-state index contributed by atoms with van der Waals surface area (Å²) in [6, 6.07) is 5.62. The molecule has 0 amide bonds. The first kappa shape index (κ1) is 14.1. The summed E-state index contributed by atoms with van der Waals surface area (Å²) in [5, 5.41) is 7.03. The Hall–Kier alpha value is -1.33. The number of aromatic nitrogens is 2. The van der Waals surface area contributed by atoms with Gasteiger partial charge in [0.25, 0.3) is 0 Å². The molecule has 0 saturated heterocycles. The van der Waals surface area contributed by atoms with Gasteiger partial charge in [-0.3, -0.25) is 4.98 Å². The summed E-state index contributed by atoms with van der Waals surface area (Å²) < 4.78 is 0.811. The van der Waals surface area contributed by atoms with Crippen molar-refractivity contribution in [2.24, 2.45) is 0 Å². The molecule has 0 aliphatic heterocycles. The van der Waals surface area contributed by atoms with E-state index in [9.17, 15) is 0 Å². The average Bonchev–Trinajstić information content (AvgIpc) is 2.42. The Kier molecular flexibility index (Phi) is 4.99. The van der Waals surface area contributed by atoms with Gasteiger partial charge in [-0.25, -0.2) is 4.98 Å². The molecule has 1 aromatic heterocycles. The maximum absolute atomic E-state index is 6.04. The molecule has 1 aromatic carbocycles. The molecule has 6 heteroatoms. The highest BCUT2D eigenvalue weighted by molar-refractivity contribution is 9.10. The fourth-order valence-electron chi connectivity index (χ4n) is 1.50. The molecule has 0 aliphatic rings. The summed E-state index contributed by atoms with van der Waals surface area (Å²) in [5.74, 6) is 1.43. The van der Waals surface area contributed by atoms with Gasteiger partial charge in [-0.05, 0) is 34.5 Å². The van der Waals surface area contributed by atoms with Crippen LogP contribution in [-0.4, -0.2) is 16.5 Å². The monoisotopic (exact) mass is 340 g/mol. The van der Waals surface area contributed by atoms with Crippen molar-refractivity contribution in [2.75, 3.05) is 17.2 Å². The quantitative estimate of drug-likeness (QED) is 0.843. The van der Waals surface area contributed by atoms with E-state index in [1.165, 1.54) is 0 Å². The van der Waals surface area contributed by atoms with E-state index >= 15 is 0 Å². The van der Waals surface area contributed by atoms with Gasteiger partial charge in [-0.15, -0.1) is 0 Å². The zero-order chi connectivity index (χ0) is 13.7. The zero-order valence-electron chi connectivity index (χ0n) is 10.5. The highest BCUT2D eigenvalue weighted by Crippen LogP contribution is 2.31. The van der Waals surface area contributed by atoms with Crippen molar-refractivity contribution >= 4 is 44.9 Å². The van der Waals surface area contributed by atoms with Gasteiger partial charge in [0.1, 0.15) is 5.82 Å². The minimum Gasteiger partial charge on any atom is -0.369 e. The lowest BCUT2D eigenvalue weighted by Crippen LogP contribution is -2.04. The molecular formula is C13H14BrClN4. The van der Waals surface area contributed by atoms with Crippen LogP contribution in [0.4, 0.5) is 17.3 Å². The van der Waals surface area contributed by atoms with E-state index < -0.39 is 0 Å². The van der Waals surface area contributed by atoms with Gasteiger partial charge in [0.2, 0.25) is 0 Å². The number of nitrogens with one attached hydrogen (secondary N) is 2. The summed E-state index contributed by atoms with van der Waals surface area (Å²) in [5.41, 5.74) is 0.856. The lowest BCUT2D eigenvalue weighted by Gasteiger charge is -2.10. The van der Waals surface area contributed by atoms with Crippen molar-refractivity contribution in [3.05, 3.63) is 40.1 Å². The summed E-state index contributed by atoms with van der Waals surface area (Å²) >= 11 is 9.48. The average molecular weight is 342 g/mol. The van der Waals surface area contributed by atoms with E-state index in [0.717, 1.165) is 28.9 Å². The van der Waals surface area contributed by atoms with Crippen molar-refractivity contribution in [3.63, 3.8) is 0 Å². The topological polar surface area (TPSA) is 49.8 Å². The minimum atomic E-state index is 0.651. The second-order valence-corrected chi connectivity index (χ2v) is 5.14. The molecule has 0 atom stereocenters. The predicted molar refractivity (Wildman–Crippen MR) is 83.2 cm³/mol. The van der Waals surface area contributed by atoms with E-state index in [4.69, 9.17) is 11.6 Å². The van der Waals surface area contributed by atoms with Crippen molar-refractivity contribution in [2.45, 2.75) is 13.3 Å². The van der Waals surface area contributed by atoms with E-state index in [1.807, 2.05) is 18.2 Å². The molecule has 1 heterocycles. The van der Waals surface area contributed by atoms with Crippen LogP contribution < -0.4 is 10.6 Å². The van der Waals surface area contributed by atoms with Crippen LogP contribution in [0.15, 0.2) is 35.1 Å². The van der Waals surface area contributed by atoms with Crippen LogP contribution in [0.2, 0.25) is 5.02 Å². The Morgan fingerprint density at radius 3 is 2.84 bits per heavy atom.